The van der Waals surface area contributed by atoms with Gasteiger partial charge in [-0.2, -0.15) is 22.0 Å². The summed E-state index contributed by atoms with van der Waals surface area (Å²) >= 11 is 0. The van der Waals surface area contributed by atoms with Gasteiger partial charge in [-0.1, -0.05) is 6.07 Å². The van der Waals surface area contributed by atoms with E-state index >= 15 is 0 Å². The lowest BCUT2D eigenvalue weighted by molar-refractivity contribution is -0.289. The minimum atomic E-state index is -6.00. The van der Waals surface area contributed by atoms with E-state index < -0.39 is 64.1 Å². The van der Waals surface area contributed by atoms with Gasteiger partial charge in [0.1, 0.15) is 28.8 Å². The van der Waals surface area contributed by atoms with Gasteiger partial charge in [-0.05, 0) is 12.1 Å². The van der Waals surface area contributed by atoms with Crippen LogP contribution in [0.4, 0.5) is 50.0 Å². The first-order valence-electron chi connectivity index (χ1n) is 7.25. The molecule has 2 rings (SSSR count). The molecular weight excluding hydrogens is 423 g/mol. The topological polar surface area (TPSA) is 58.2 Å². The van der Waals surface area contributed by atoms with Crippen molar-refractivity contribution in [1.29, 1.82) is 0 Å². The van der Waals surface area contributed by atoms with Crippen LogP contribution in [0.1, 0.15) is 15.9 Å². The number of halogens is 9. The van der Waals surface area contributed by atoms with Crippen molar-refractivity contribution in [2.24, 2.45) is 0 Å². The summed E-state index contributed by atoms with van der Waals surface area (Å²) in [6.07, 6.45) is -6.00. The minimum absolute atomic E-state index is 0.148. The number of hydrogen-bond donors (Lipinski definition) is 2. The Morgan fingerprint density at radius 2 is 1.34 bits per heavy atom. The van der Waals surface area contributed by atoms with Crippen LogP contribution in [-0.4, -0.2) is 18.1 Å². The van der Waals surface area contributed by atoms with Gasteiger partial charge in [0.15, 0.2) is 0 Å². The molecule has 2 aromatic carbocycles. The first-order chi connectivity index (χ1) is 13.2. The minimum Gasteiger partial charge on any atom is -0.305 e. The van der Waals surface area contributed by atoms with Crippen LogP contribution in [0.3, 0.4) is 0 Å². The summed E-state index contributed by atoms with van der Waals surface area (Å²) in [7, 11) is 0. The lowest BCUT2D eigenvalue weighted by Gasteiger charge is -2.20. The number of nitrogens with one attached hydrogen (secondary N) is 2. The van der Waals surface area contributed by atoms with Gasteiger partial charge in [0, 0.05) is 17.7 Å². The van der Waals surface area contributed by atoms with Crippen molar-refractivity contribution in [2.45, 2.75) is 12.1 Å². The van der Waals surface area contributed by atoms with Gasteiger partial charge in [0.2, 0.25) is 0 Å². The summed E-state index contributed by atoms with van der Waals surface area (Å²) in [5.74, 6) is -13.4. The molecule has 0 aliphatic heterocycles. The third-order valence-corrected chi connectivity index (χ3v) is 3.40. The molecule has 0 atom stereocenters. The highest BCUT2D eigenvalue weighted by atomic mass is 19.4. The molecule has 0 saturated heterocycles. The van der Waals surface area contributed by atoms with Gasteiger partial charge >= 0.3 is 18.1 Å². The van der Waals surface area contributed by atoms with Gasteiger partial charge in [-0.25, -0.2) is 22.4 Å². The monoisotopic (exact) mass is 430 g/mol. The van der Waals surface area contributed by atoms with Crippen LogP contribution >= 0.6 is 0 Å². The first-order valence-corrected chi connectivity index (χ1v) is 7.25. The molecule has 0 heterocycles. The van der Waals surface area contributed by atoms with Gasteiger partial charge in [0.05, 0.1) is 5.69 Å². The largest absolute Gasteiger partial charge is 0.458 e. The summed E-state index contributed by atoms with van der Waals surface area (Å²) in [4.78, 5) is 23.3. The molecule has 0 aliphatic rings. The van der Waals surface area contributed by atoms with Crippen molar-refractivity contribution in [2.75, 3.05) is 5.32 Å². The lowest BCUT2D eigenvalue weighted by Crippen LogP contribution is -2.36. The highest BCUT2D eigenvalue weighted by Gasteiger charge is 2.58. The zero-order valence-corrected chi connectivity index (χ0v) is 13.6. The molecule has 0 bridgehead atoms. The second-order valence-corrected chi connectivity index (χ2v) is 5.42. The molecule has 29 heavy (non-hydrogen) atoms. The van der Waals surface area contributed by atoms with E-state index in [0.29, 0.717) is 6.07 Å². The molecule has 2 N–H and O–H groups in total. The van der Waals surface area contributed by atoms with E-state index in [2.05, 4.69) is 0 Å². The fraction of sp³-hybridized carbons (Fsp3) is 0.125. The molecule has 4 nitrogen and oxygen atoms in total. The second-order valence-electron chi connectivity index (χ2n) is 5.42. The Bertz CT molecular complexity index is 950. The molecule has 13 heteroatoms. The number of rotatable bonds is 3. The lowest BCUT2D eigenvalue weighted by atomic mass is 10.1. The maximum atomic E-state index is 13.8. The molecule has 0 spiro atoms. The summed E-state index contributed by atoms with van der Waals surface area (Å²) in [6, 6.07) is -0.970. The van der Waals surface area contributed by atoms with Crippen molar-refractivity contribution in [3.05, 3.63) is 64.7 Å². The first kappa shape index (κ1) is 22.0. The van der Waals surface area contributed by atoms with Crippen LogP contribution in [0.2, 0.25) is 0 Å². The standard InChI is InChI=1S/C16H7F9N2O2/c17-7-4-9(19)12(10(20)5-7)13(28)27-14(29)26-11-2-1-6(3-8(11)18)15(21,22)16(23,24)25/h1-5H,(H2,26,27,28,29). The van der Waals surface area contributed by atoms with Crippen molar-refractivity contribution in [3.63, 3.8) is 0 Å². The maximum absolute atomic E-state index is 13.8. The SMILES string of the molecule is O=C(NC(=O)c1c(F)cc(F)cc1F)Nc1ccc(C(F)(F)C(F)(F)F)cc1F. The number of benzene rings is 2. The molecule has 0 aromatic heterocycles. The van der Waals surface area contributed by atoms with E-state index in [9.17, 15) is 49.1 Å². The third-order valence-electron chi connectivity index (χ3n) is 3.40. The summed E-state index contributed by atoms with van der Waals surface area (Å²) in [5.41, 5.74) is -4.01. The number of carbonyl (C=O) groups is 2. The number of urea groups is 1. The van der Waals surface area contributed by atoms with Gasteiger partial charge in [-0.3, -0.25) is 10.1 Å². The highest BCUT2D eigenvalue weighted by molar-refractivity contribution is 6.08. The maximum Gasteiger partial charge on any atom is 0.458 e. The van der Waals surface area contributed by atoms with E-state index in [1.807, 2.05) is 0 Å². The number of amides is 3. The van der Waals surface area contributed by atoms with Crippen LogP contribution in [0.25, 0.3) is 0 Å². The smallest absolute Gasteiger partial charge is 0.305 e. The summed E-state index contributed by atoms with van der Waals surface area (Å²) in [5, 5.41) is 2.94. The van der Waals surface area contributed by atoms with E-state index in [-0.39, 0.29) is 24.3 Å². The van der Waals surface area contributed by atoms with E-state index in [1.54, 1.807) is 5.32 Å². The van der Waals surface area contributed by atoms with Crippen molar-refractivity contribution >= 4 is 17.6 Å². The normalized spacial score (nSPS) is 11.9. The molecule has 0 fully saturated rings. The Balaban J connectivity index is 2.17. The summed E-state index contributed by atoms with van der Waals surface area (Å²) in [6.45, 7) is 0. The van der Waals surface area contributed by atoms with Crippen molar-refractivity contribution in [3.8, 4) is 0 Å². The zero-order chi connectivity index (χ0) is 22.1. The number of imide groups is 1. The van der Waals surface area contributed by atoms with Crippen LogP contribution in [0.15, 0.2) is 30.3 Å². The zero-order valence-electron chi connectivity index (χ0n) is 13.6. The van der Waals surface area contributed by atoms with Crippen molar-refractivity contribution < 1.29 is 49.1 Å². The number of anilines is 1. The quantitative estimate of drug-likeness (QED) is 0.684. The van der Waals surface area contributed by atoms with Crippen LogP contribution < -0.4 is 10.6 Å². The molecular formula is C16H7F9N2O2. The van der Waals surface area contributed by atoms with Gasteiger partial charge < -0.3 is 5.32 Å². The Morgan fingerprint density at radius 1 is 0.793 bits per heavy atom. The Kier molecular flexibility index (Phi) is 5.81. The van der Waals surface area contributed by atoms with Gasteiger partial charge in [0.25, 0.3) is 5.91 Å². The molecule has 0 radical (unpaired) electrons. The third kappa shape index (κ3) is 4.60. The Morgan fingerprint density at radius 3 is 1.83 bits per heavy atom. The Hall–Kier alpha value is -3.25. The van der Waals surface area contributed by atoms with Gasteiger partial charge in [-0.15, -0.1) is 0 Å². The fourth-order valence-electron chi connectivity index (χ4n) is 2.05. The molecule has 0 unspecified atom stereocenters. The van der Waals surface area contributed by atoms with Crippen molar-refractivity contribution in [1.82, 2.24) is 5.32 Å². The molecule has 156 valence electrons. The molecule has 0 saturated carbocycles. The van der Waals surface area contributed by atoms with E-state index in [0.717, 1.165) is 0 Å². The molecule has 0 aliphatic carbocycles. The summed E-state index contributed by atoms with van der Waals surface area (Å²) < 4.78 is 117. The molecule has 3 amide bonds. The average Bonchev–Trinajstić information content (AvgIpc) is 2.54. The van der Waals surface area contributed by atoms with Crippen LogP contribution in [-0.2, 0) is 5.92 Å². The van der Waals surface area contributed by atoms with Crippen LogP contribution in [0, 0.1) is 23.3 Å². The number of carbonyl (C=O) groups excluding carboxylic acids is 2. The number of alkyl halides is 5. The Labute approximate surface area is 155 Å². The predicted octanol–water partition coefficient (Wildman–Crippen LogP) is 4.86. The van der Waals surface area contributed by atoms with E-state index in [4.69, 9.17) is 0 Å². The van der Waals surface area contributed by atoms with E-state index in [1.165, 1.54) is 5.32 Å². The predicted molar refractivity (Wildman–Crippen MR) is 79.1 cm³/mol. The highest BCUT2D eigenvalue weighted by Crippen LogP contribution is 2.44. The second kappa shape index (κ2) is 7.64. The molecule has 2 aromatic rings. The average molecular weight is 430 g/mol. The fourth-order valence-corrected chi connectivity index (χ4v) is 2.05. The number of hydrogen-bond acceptors (Lipinski definition) is 2. The van der Waals surface area contributed by atoms with Crippen LogP contribution in [0.5, 0.6) is 0 Å².